The number of nitrogens with zero attached hydrogens (tertiary/aromatic N) is 2. The van der Waals surface area contributed by atoms with Crippen LogP contribution in [0.5, 0.6) is 0 Å². The van der Waals surface area contributed by atoms with Crippen LogP contribution in [0.25, 0.3) is 0 Å². The number of rotatable bonds is 4. The molecule has 1 aliphatic carbocycles. The van der Waals surface area contributed by atoms with Crippen molar-refractivity contribution < 1.29 is 12.9 Å². The van der Waals surface area contributed by atoms with E-state index in [0.717, 1.165) is 12.8 Å². The average Bonchev–Trinajstić information content (AvgIpc) is 3.01. The zero-order chi connectivity index (χ0) is 16.4. The van der Waals surface area contributed by atoms with Crippen molar-refractivity contribution in [3.63, 3.8) is 0 Å². The first-order chi connectivity index (χ1) is 11.0. The molecule has 0 bridgehead atoms. The van der Waals surface area contributed by atoms with E-state index in [1.807, 2.05) is 18.2 Å². The van der Waals surface area contributed by atoms with Gasteiger partial charge in [-0.3, -0.25) is 0 Å². The molecule has 0 spiro atoms. The Labute approximate surface area is 137 Å². The molecule has 1 aliphatic rings. The Bertz CT molecular complexity index is 747. The second-order valence-corrected chi connectivity index (χ2v) is 8.85. The van der Waals surface area contributed by atoms with Gasteiger partial charge in [-0.2, -0.15) is 4.98 Å². The Hall–Kier alpha value is -1.69. The third-order valence-corrected chi connectivity index (χ3v) is 7.38. The molecule has 0 amide bonds. The van der Waals surface area contributed by atoms with Crippen molar-refractivity contribution in [2.45, 2.75) is 55.9 Å². The molecule has 0 radical (unpaired) electrons. The predicted octanol–water partition coefficient (Wildman–Crippen LogP) is 3.58. The van der Waals surface area contributed by atoms with E-state index in [-0.39, 0.29) is 11.1 Å². The normalized spacial score (nSPS) is 23.6. The summed E-state index contributed by atoms with van der Waals surface area (Å²) in [5.41, 5.74) is 1.31. The summed E-state index contributed by atoms with van der Waals surface area (Å²) in [5.74, 6) is 1.13. The third-order valence-electron chi connectivity index (χ3n) is 4.79. The molecule has 1 saturated carbocycles. The smallest absolute Gasteiger partial charge is 0.244 e. The molecular formula is C17H22N2O3S. The maximum absolute atomic E-state index is 12.8. The summed E-state index contributed by atoms with van der Waals surface area (Å²) in [5, 5.41) is 2.65. The molecule has 1 fully saturated rings. The number of aromatic nitrogens is 2. The minimum atomic E-state index is -3.30. The van der Waals surface area contributed by atoms with Crippen LogP contribution in [0.1, 0.15) is 61.1 Å². The Balaban J connectivity index is 1.69. The van der Waals surface area contributed by atoms with Gasteiger partial charge in [0.25, 0.3) is 0 Å². The average molecular weight is 334 g/mol. The highest BCUT2D eigenvalue weighted by molar-refractivity contribution is 7.92. The molecule has 1 unspecified atom stereocenters. The number of benzene rings is 1. The number of hydrogen-bond acceptors (Lipinski definition) is 5. The van der Waals surface area contributed by atoms with Crippen molar-refractivity contribution in [2.75, 3.05) is 0 Å². The summed E-state index contributed by atoms with van der Waals surface area (Å²) in [6, 6.07) is 10.3. The molecule has 0 aliphatic heterocycles. The van der Waals surface area contributed by atoms with E-state index in [9.17, 15) is 8.42 Å². The first-order valence-corrected chi connectivity index (χ1v) is 9.67. The maximum atomic E-state index is 12.8. The van der Waals surface area contributed by atoms with Crippen LogP contribution in [0.15, 0.2) is 34.9 Å². The molecule has 124 valence electrons. The van der Waals surface area contributed by atoms with Gasteiger partial charge < -0.3 is 4.52 Å². The van der Waals surface area contributed by atoms with Crippen molar-refractivity contribution in [2.24, 2.45) is 0 Å². The van der Waals surface area contributed by atoms with Crippen LogP contribution >= 0.6 is 0 Å². The molecule has 0 saturated heterocycles. The summed E-state index contributed by atoms with van der Waals surface area (Å²) in [6.45, 7) is 3.34. The monoisotopic (exact) mass is 334 g/mol. The molecule has 3 rings (SSSR count). The molecular weight excluding hydrogens is 312 g/mol. The highest BCUT2D eigenvalue weighted by Crippen LogP contribution is 2.38. The zero-order valence-corrected chi connectivity index (χ0v) is 14.3. The van der Waals surface area contributed by atoms with Crippen LogP contribution in [0.2, 0.25) is 0 Å². The summed E-state index contributed by atoms with van der Waals surface area (Å²) >= 11 is 0. The second-order valence-electron chi connectivity index (χ2n) is 6.30. The molecule has 2 aromatic rings. The van der Waals surface area contributed by atoms with Gasteiger partial charge in [-0.25, -0.2) is 8.42 Å². The van der Waals surface area contributed by atoms with E-state index in [4.69, 9.17) is 4.52 Å². The Morgan fingerprint density at radius 2 is 1.78 bits per heavy atom. The number of hydrogen-bond donors (Lipinski definition) is 0. The van der Waals surface area contributed by atoms with Gasteiger partial charge in [-0.05, 0) is 51.0 Å². The van der Waals surface area contributed by atoms with E-state index >= 15 is 0 Å². The Morgan fingerprint density at radius 3 is 2.35 bits per heavy atom. The minimum Gasteiger partial charge on any atom is -0.338 e. The third kappa shape index (κ3) is 3.32. The van der Waals surface area contributed by atoms with Crippen LogP contribution in [-0.2, 0) is 9.84 Å². The number of aryl methyl sites for hydroxylation is 1. The van der Waals surface area contributed by atoms with Crippen molar-refractivity contribution >= 4 is 9.84 Å². The Kier molecular flexibility index (Phi) is 4.53. The highest BCUT2D eigenvalue weighted by Gasteiger charge is 2.37. The van der Waals surface area contributed by atoms with Gasteiger partial charge in [0.2, 0.25) is 5.89 Å². The van der Waals surface area contributed by atoms with Crippen molar-refractivity contribution in [3.05, 3.63) is 47.6 Å². The van der Waals surface area contributed by atoms with Gasteiger partial charge in [-0.1, -0.05) is 35.5 Å². The summed E-state index contributed by atoms with van der Waals surface area (Å²) in [7, 11) is -3.30. The van der Waals surface area contributed by atoms with E-state index in [1.165, 1.54) is 5.56 Å². The van der Waals surface area contributed by atoms with Crippen LogP contribution < -0.4 is 0 Å². The van der Waals surface area contributed by atoms with Gasteiger partial charge in [0.15, 0.2) is 15.7 Å². The molecule has 1 atom stereocenters. The van der Waals surface area contributed by atoms with Crippen LogP contribution in [0.3, 0.4) is 0 Å². The van der Waals surface area contributed by atoms with E-state index in [0.29, 0.717) is 24.6 Å². The lowest BCUT2D eigenvalue weighted by molar-refractivity contribution is 0.369. The molecule has 1 aromatic carbocycles. The van der Waals surface area contributed by atoms with Crippen molar-refractivity contribution in [3.8, 4) is 0 Å². The van der Waals surface area contributed by atoms with Crippen LogP contribution in [0.4, 0.5) is 0 Å². The fourth-order valence-corrected chi connectivity index (χ4v) is 5.24. The SMILES string of the molecule is Cc1noc(C(C)S(=O)(=O)C2CCC(c3ccccc3)CC2)n1. The lowest BCUT2D eigenvalue weighted by atomic mass is 9.84. The molecule has 23 heavy (non-hydrogen) atoms. The van der Waals surface area contributed by atoms with E-state index < -0.39 is 15.1 Å². The van der Waals surface area contributed by atoms with Gasteiger partial charge in [0, 0.05) is 0 Å². The first-order valence-electron chi connectivity index (χ1n) is 8.06. The van der Waals surface area contributed by atoms with Crippen LogP contribution in [-0.4, -0.2) is 23.8 Å². The van der Waals surface area contributed by atoms with Gasteiger partial charge in [0.05, 0.1) is 5.25 Å². The second kappa shape index (κ2) is 6.43. The first kappa shape index (κ1) is 16.2. The molecule has 6 heteroatoms. The molecule has 1 aromatic heterocycles. The minimum absolute atomic E-state index is 0.202. The lowest BCUT2D eigenvalue weighted by Crippen LogP contribution is -2.29. The fourth-order valence-electron chi connectivity index (χ4n) is 3.36. The lowest BCUT2D eigenvalue weighted by Gasteiger charge is -2.29. The van der Waals surface area contributed by atoms with Gasteiger partial charge in [0.1, 0.15) is 5.25 Å². The predicted molar refractivity (Wildman–Crippen MR) is 87.8 cm³/mol. The maximum Gasteiger partial charge on any atom is 0.244 e. The van der Waals surface area contributed by atoms with Gasteiger partial charge in [-0.15, -0.1) is 0 Å². The molecule has 1 heterocycles. The summed E-state index contributed by atoms with van der Waals surface area (Å²) < 4.78 is 30.7. The summed E-state index contributed by atoms with van der Waals surface area (Å²) in [6.07, 6.45) is 3.20. The van der Waals surface area contributed by atoms with Crippen molar-refractivity contribution in [1.29, 1.82) is 0 Å². The standard InChI is InChI=1S/C17H22N2O3S/c1-12(17-18-13(2)19-22-17)23(20,21)16-10-8-15(9-11-16)14-6-4-3-5-7-14/h3-7,12,15-16H,8-11H2,1-2H3. The largest absolute Gasteiger partial charge is 0.338 e. The van der Waals surface area contributed by atoms with Gasteiger partial charge >= 0.3 is 0 Å². The fraction of sp³-hybridized carbons (Fsp3) is 0.529. The highest BCUT2D eigenvalue weighted by atomic mass is 32.2. The quantitative estimate of drug-likeness (QED) is 0.854. The van der Waals surface area contributed by atoms with Crippen molar-refractivity contribution in [1.82, 2.24) is 10.1 Å². The zero-order valence-electron chi connectivity index (χ0n) is 13.5. The van der Waals surface area contributed by atoms with E-state index in [1.54, 1.807) is 13.8 Å². The Morgan fingerprint density at radius 1 is 1.13 bits per heavy atom. The summed E-state index contributed by atoms with van der Waals surface area (Å²) in [4.78, 5) is 4.08. The number of sulfone groups is 1. The van der Waals surface area contributed by atoms with E-state index in [2.05, 4.69) is 22.3 Å². The topological polar surface area (TPSA) is 73.1 Å². The molecule has 0 N–H and O–H groups in total. The van der Waals surface area contributed by atoms with Crippen LogP contribution in [0, 0.1) is 6.92 Å². The molecule has 5 nitrogen and oxygen atoms in total.